The molecule has 1 amide bonds. The summed E-state index contributed by atoms with van der Waals surface area (Å²) < 4.78 is 18.7. The van der Waals surface area contributed by atoms with E-state index in [9.17, 15) is 9.18 Å². The third-order valence-corrected chi connectivity index (χ3v) is 4.00. The van der Waals surface area contributed by atoms with E-state index in [0.717, 1.165) is 11.3 Å². The molecular formula is C14H16FNO2. The van der Waals surface area contributed by atoms with Gasteiger partial charge in [-0.1, -0.05) is 12.1 Å². The molecule has 1 saturated carbocycles. The lowest BCUT2D eigenvalue weighted by Gasteiger charge is -2.29. The number of hydrogen-bond donors (Lipinski definition) is 0. The van der Waals surface area contributed by atoms with Crippen LogP contribution in [0, 0.1) is 5.92 Å². The van der Waals surface area contributed by atoms with Crippen LogP contribution in [0.2, 0.25) is 0 Å². The van der Waals surface area contributed by atoms with Crippen molar-refractivity contribution in [3.05, 3.63) is 29.8 Å². The Morgan fingerprint density at radius 2 is 2.06 bits per heavy atom. The number of benzene rings is 1. The molecule has 2 aliphatic rings. The standard InChI is InChI=1S/C14H16FNO2/c1-18-11-4-2-9(3-5-11)8-16-13-7-10(14(16)17)6-12(13)15/h2-5,10,12-13H,6-8H2,1H3. The molecule has 1 saturated heterocycles. The SMILES string of the molecule is COc1ccc(CN2C(=O)C3CC(F)C2C3)cc1. The highest BCUT2D eigenvalue weighted by atomic mass is 19.1. The highest BCUT2D eigenvalue weighted by molar-refractivity contribution is 5.82. The number of rotatable bonds is 3. The lowest BCUT2D eigenvalue weighted by Crippen LogP contribution is -2.42. The summed E-state index contributed by atoms with van der Waals surface area (Å²) in [5.74, 6) is 0.823. The molecule has 4 heteroatoms. The number of ether oxygens (including phenoxy) is 1. The molecule has 0 radical (unpaired) electrons. The van der Waals surface area contributed by atoms with Gasteiger partial charge in [0.2, 0.25) is 5.91 Å². The van der Waals surface area contributed by atoms with E-state index in [1.54, 1.807) is 12.0 Å². The van der Waals surface area contributed by atoms with Gasteiger partial charge in [0.15, 0.2) is 0 Å². The lowest BCUT2D eigenvalue weighted by molar-refractivity contribution is -0.136. The number of halogens is 1. The Morgan fingerprint density at radius 3 is 2.67 bits per heavy atom. The van der Waals surface area contributed by atoms with Gasteiger partial charge in [0.1, 0.15) is 11.9 Å². The Morgan fingerprint density at radius 1 is 1.33 bits per heavy atom. The van der Waals surface area contributed by atoms with Gasteiger partial charge in [-0.05, 0) is 30.5 Å². The number of carbonyl (C=O) groups is 1. The molecule has 0 spiro atoms. The maximum Gasteiger partial charge on any atom is 0.226 e. The average Bonchev–Trinajstić information content (AvgIpc) is 2.89. The van der Waals surface area contributed by atoms with E-state index in [4.69, 9.17) is 4.74 Å². The molecule has 0 N–H and O–H groups in total. The van der Waals surface area contributed by atoms with E-state index in [2.05, 4.69) is 0 Å². The monoisotopic (exact) mass is 249 g/mol. The summed E-state index contributed by atoms with van der Waals surface area (Å²) in [5.41, 5.74) is 1.02. The van der Waals surface area contributed by atoms with Gasteiger partial charge in [-0.2, -0.15) is 0 Å². The van der Waals surface area contributed by atoms with Gasteiger partial charge in [-0.15, -0.1) is 0 Å². The molecule has 3 nitrogen and oxygen atoms in total. The first-order chi connectivity index (χ1) is 8.69. The van der Waals surface area contributed by atoms with Gasteiger partial charge in [-0.25, -0.2) is 4.39 Å². The number of hydrogen-bond acceptors (Lipinski definition) is 2. The first kappa shape index (κ1) is 11.5. The number of alkyl halides is 1. The largest absolute Gasteiger partial charge is 0.497 e. The Hall–Kier alpha value is -1.58. The summed E-state index contributed by atoms with van der Waals surface area (Å²) in [6.07, 6.45) is 0.268. The molecule has 2 fully saturated rings. The van der Waals surface area contributed by atoms with Gasteiger partial charge < -0.3 is 9.64 Å². The number of likely N-dealkylation sites (tertiary alicyclic amines) is 1. The summed E-state index contributed by atoms with van der Waals surface area (Å²) in [5, 5.41) is 0. The fourth-order valence-corrected chi connectivity index (χ4v) is 3.01. The second-order valence-electron chi connectivity index (χ2n) is 5.07. The van der Waals surface area contributed by atoms with Crippen LogP contribution in [0.4, 0.5) is 4.39 Å². The molecule has 3 rings (SSSR count). The molecule has 3 unspecified atom stereocenters. The lowest BCUT2D eigenvalue weighted by atomic mass is 10.1. The van der Waals surface area contributed by atoms with Crippen LogP contribution >= 0.6 is 0 Å². The molecule has 1 aromatic rings. The minimum atomic E-state index is -0.842. The zero-order valence-corrected chi connectivity index (χ0v) is 10.3. The van der Waals surface area contributed by atoms with Crippen LogP contribution in [0.5, 0.6) is 5.75 Å². The van der Waals surface area contributed by atoms with Gasteiger partial charge in [0.25, 0.3) is 0 Å². The van der Waals surface area contributed by atoms with E-state index in [0.29, 0.717) is 19.4 Å². The fraction of sp³-hybridized carbons (Fsp3) is 0.500. The average molecular weight is 249 g/mol. The van der Waals surface area contributed by atoms with Gasteiger partial charge in [0, 0.05) is 12.5 Å². The van der Waals surface area contributed by atoms with Crippen molar-refractivity contribution in [3.63, 3.8) is 0 Å². The molecule has 1 heterocycles. The quantitative estimate of drug-likeness (QED) is 0.821. The van der Waals surface area contributed by atoms with Gasteiger partial charge in [0.05, 0.1) is 13.2 Å². The number of amides is 1. The van der Waals surface area contributed by atoms with Crippen LogP contribution in [0.25, 0.3) is 0 Å². The van der Waals surface area contributed by atoms with Crippen molar-refractivity contribution < 1.29 is 13.9 Å². The first-order valence-corrected chi connectivity index (χ1v) is 6.26. The molecule has 1 aliphatic carbocycles. The van der Waals surface area contributed by atoms with E-state index in [-0.39, 0.29) is 17.9 Å². The number of carbonyl (C=O) groups excluding carboxylic acids is 1. The van der Waals surface area contributed by atoms with Crippen LogP contribution in [-0.2, 0) is 11.3 Å². The van der Waals surface area contributed by atoms with Crippen LogP contribution in [0.3, 0.4) is 0 Å². The Labute approximate surface area is 106 Å². The van der Waals surface area contributed by atoms with Crippen LogP contribution in [-0.4, -0.2) is 30.1 Å². The molecule has 0 aromatic heterocycles. The molecule has 18 heavy (non-hydrogen) atoms. The predicted octanol–water partition coefficient (Wildman–Crippen LogP) is 2.15. The number of fused-ring (bicyclic) bond motifs is 2. The number of piperidine rings is 1. The second kappa shape index (κ2) is 4.26. The summed E-state index contributed by atoms with van der Waals surface area (Å²) in [6.45, 7) is 0.504. The Kier molecular flexibility index (Phi) is 2.73. The second-order valence-corrected chi connectivity index (χ2v) is 5.07. The summed E-state index contributed by atoms with van der Waals surface area (Å²) >= 11 is 0. The predicted molar refractivity (Wildman–Crippen MR) is 65.0 cm³/mol. The first-order valence-electron chi connectivity index (χ1n) is 6.26. The van der Waals surface area contributed by atoms with Crippen molar-refractivity contribution in [2.45, 2.75) is 31.6 Å². The third kappa shape index (κ3) is 1.76. The zero-order chi connectivity index (χ0) is 12.7. The highest BCUT2D eigenvalue weighted by Crippen LogP contribution is 2.41. The molecule has 3 atom stereocenters. The van der Waals surface area contributed by atoms with Gasteiger partial charge >= 0.3 is 0 Å². The summed E-state index contributed by atoms with van der Waals surface area (Å²) in [7, 11) is 1.62. The van der Waals surface area contributed by atoms with E-state index in [1.807, 2.05) is 24.3 Å². The Balaban J connectivity index is 1.74. The van der Waals surface area contributed by atoms with Crippen molar-refractivity contribution in [2.75, 3.05) is 7.11 Å². The summed E-state index contributed by atoms with van der Waals surface area (Å²) in [4.78, 5) is 13.7. The summed E-state index contributed by atoms with van der Waals surface area (Å²) in [6, 6.07) is 7.36. The van der Waals surface area contributed by atoms with E-state index in [1.165, 1.54) is 0 Å². The topological polar surface area (TPSA) is 29.5 Å². The smallest absolute Gasteiger partial charge is 0.226 e. The van der Waals surface area contributed by atoms with Crippen molar-refractivity contribution in [3.8, 4) is 5.75 Å². The highest BCUT2D eigenvalue weighted by Gasteiger charge is 2.50. The number of nitrogens with zero attached hydrogens (tertiary/aromatic N) is 1. The maximum absolute atomic E-state index is 13.6. The van der Waals surface area contributed by atoms with E-state index >= 15 is 0 Å². The van der Waals surface area contributed by atoms with Crippen molar-refractivity contribution in [1.82, 2.24) is 4.90 Å². The molecular weight excluding hydrogens is 233 g/mol. The molecule has 1 aliphatic heterocycles. The van der Waals surface area contributed by atoms with Crippen molar-refractivity contribution >= 4 is 5.91 Å². The van der Waals surface area contributed by atoms with Crippen LogP contribution in [0.1, 0.15) is 18.4 Å². The van der Waals surface area contributed by atoms with Crippen LogP contribution in [0.15, 0.2) is 24.3 Å². The molecule has 1 aromatic carbocycles. The number of methoxy groups -OCH3 is 1. The zero-order valence-electron chi connectivity index (χ0n) is 10.3. The van der Waals surface area contributed by atoms with E-state index < -0.39 is 6.17 Å². The minimum Gasteiger partial charge on any atom is -0.497 e. The third-order valence-electron chi connectivity index (χ3n) is 4.00. The van der Waals surface area contributed by atoms with Crippen molar-refractivity contribution in [1.29, 1.82) is 0 Å². The van der Waals surface area contributed by atoms with Crippen LogP contribution < -0.4 is 4.74 Å². The normalized spacial score (nSPS) is 30.0. The fourth-order valence-electron chi connectivity index (χ4n) is 3.01. The molecule has 2 bridgehead atoms. The van der Waals surface area contributed by atoms with Gasteiger partial charge in [-0.3, -0.25) is 4.79 Å². The maximum atomic E-state index is 13.6. The van der Waals surface area contributed by atoms with Crippen molar-refractivity contribution in [2.24, 2.45) is 5.92 Å². The molecule has 96 valence electrons. The minimum absolute atomic E-state index is 0.0803. The Bertz CT molecular complexity index is 459.